The number of aliphatic carboxylic acids is 1. The zero-order valence-electron chi connectivity index (χ0n) is 26.7. The zero-order valence-corrected chi connectivity index (χ0v) is 26.7. The Morgan fingerprint density at radius 1 is 1.05 bits per heavy atom. The minimum absolute atomic E-state index is 0.0402. The molecular weight excluding hydrogens is 514 g/mol. The third kappa shape index (κ3) is 4.93. The predicted molar refractivity (Wildman–Crippen MR) is 161 cm³/mol. The van der Waals surface area contributed by atoms with Crippen LogP contribution in [0, 0.1) is 39.9 Å². The van der Waals surface area contributed by atoms with Gasteiger partial charge in [-0.3, -0.25) is 4.79 Å². The molecule has 1 heterocycles. The number of nitrogens with zero attached hydrogens (tertiary/aromatic N) is 1. The summed E-state index contributed by atoms with van der Waals surface area (Å²) in [6, 6.07) is 0.650. The van der Waals surface area contributed by atoms with Crippen molar-refractivity contribution in [3.63, 3.8) is 0 Å². The molecule has 230 valence electrons. The van der Waals surface area contributed by atoms with Gasteiger partial charge in [0.2, 0.25) is 0 Å². The summed E-state index contributed by atoms with van der Waals surface area (Å²) < 4.78 is 5.96. The molecule has 2 N–H and O–H groups in total. The second kappa shape index (κ2) is 11.1. The Morgan fingerprint density at radius 3 is 2.34 bits per heavy atom. The zero-order chi connectivity index (χ0) is 29.9. The van der Waals surface area contributed by atoms with Gasteiger partial charge in [0.05, 0.1) is 6.10 Å². The lowest BCUT2D eigenvalue weighted by Gasteiger charge is -2.69. The van der Waals surface area contributed by atoms with Crippen LogP contribution in [0.2, 0.25) is 0 Å². The van der Waals surface area contributed by atoms with Gasteiger partial charge in [-0.1, -0.05) is 39.3 Å². The highest BCUT2D eigenvalue weighted by Crippen LogP contribution is 2.74. The number of aliphatic hydroxyl groups excluding tert-OH is 1. The van der Waals surface area contributed by atoms with Crippen molar-refractivity contribution in [1.29, 1.82) is 0 Å². The van der Waals surface area contributed by atoms with Crippen LogP contribution >= 0.6 is 0 Å². The lowest BCUT2D eigenvalue weighted by Crippen LogP contribution is -2.66. The van der Waals surface area contributed by atoms with Crippen LogP contribution in [0.3, 0.4) is 0 Å². The second-order valence-electron chi connectivity index (χ2n) is 15.4. The number of carboxylic acids is 1. The highest BCUT2D eigenvalue weighted by Gasteiger charge is 2.71. The van der Waals surface area contributed by atoms with Gasteiger partial charge in [0.1, 0.15) is 6.10 Å². The van der Waals surface area contributed by atoms with Crippen LogP contribution in [0.15, 0.2) is 22.8 Å². The molecule has 5 rings (SSSR count). The lowest BCUT2D eigenvalue weighted by atomic mass is 9.36. The van der Waals surface area contributed by atoms with Crippen LogP contribution in [0.1, 0.15) is 113 Å². The van der Waals surface area contributed by atoms with E-state index in [1.807, 2.05) is 13.8 Å². The Labute approximate surface area is 248 Å². The fourth-order valence-electron chi connectivity index (χ4n) is 11.4. The van der Waals surface area contributed by atoms with E-state index in [-0.39, 0.29) is 34.1 Å². The van der Waals surface area contributed by atoms with E-state index in [4.69, 9.17) is 4.74 Å². The molecule has 41 heavy (non-hydrogen) atoms. The molecule has 4 saturated carbocycles. The van der Waals surface area contributed by atoms with Gasteiger partial charge >= 0.3 is 11.9 Å². The standard InChI is InChI=1S/C35H55NO5/c1-21(2)11-10-12-24(32(39)40)30-26-19-28(38)31-33(5)15-14-27(36-17-8-9-18-36)22(3)25(33)13-16-34(31,6)35(26,7)20-29(30)41-23(4)37/h11,22,25-29,31,38H,8-10,12-20H2,1-7H3,(H,39,40)/b30-24-/t22-,25-,26-,27-,28+,29-,31-,33-,34-,35-/m0/s1. The third-order valence-corrected chi connectivity index (χ3v) is 13.2. The summed E-state index contributed by atoms with van der Waals surface area (Å²) in [6.07, 6.45) is 10.4. The van der Waals surface area contributed by atoms with Crippen LogP contribution in [0.4, 0.5) is 0 Å². The van der Waals surface area contributed by atoms with Crippen molar-refractivity contribution in [2.24, 2.45) is 39.9 Å². The molecule has 0 bridgehead atoms. The molecule has 0 spiro atoms. The van der Waals surface area contributed by atoms with Crippen molar-refractivity contribution < 1.29 is 24.5 Å². The Kier molecular flexibility index (Phi) is 8.35. The average Bonchev–Trinajstić information content (AvgIpc) is 3.48. The van der Waals surface area contributed by atoms with E-state index in [2.05, 4.69) is 38.7 Å². The van der Waals surface area contributed by atoms with Gasteiger partial charge in [0, 0.05) is 18.5 Å². The molecule has 6 nitrogen and oxygen atoms in total. The summed E-state index contributed by atoms with van der Waals surface area (Å²) in [7, 11) is 0. The fraction of sp³-hybridized carbons (Fsp3) is 0.829. The van der Waals surface area contributed by atoms with Gasteiger partial charge in [-0.25, -0.2) is 4.79 Å². The minimum atomic E-state index is -0.921. The number of aliphatic hydroxyl groups is 1. The summed E-state index contributed by atoms with van der Waals surface area (Å²) >= 11 is 0. The third-order valence-electron chi connectivity index (χ3n) is 13.2. The smallest absolute Gasteiger partial charge is 0.331 e. The number of esters is 1. The number of carboxylic acid groups (broad SMARTS) is 1. The number of hydrogen-bond donors (Lipinski definition) is 2. The van der Waals surface area contributed by atoms with Crippen LogP contribution in [0.5, 0.6) is 0 Å². The average molecular weight is 570 g/mol. The van der Waals surface area contributed by atoms with Gasteiger partial charge in [0.15, 0.2) is 0 Å². The van der Waals surface area contributed by atoms with E-state index in [1.165, 1.54) is 39.3 Å². The Morgan fingerprint density at radius 2 is 1.73 bits per heavy atom. The molecule has 0 unspecified atom stereocenters. The number of ether oxygens (including phenoxy) is 1. The van der Waals surface area contributed by atoms with Crippen molar-refractivity contribution in [3.8, 4) is 0 Å². The van der Waals surface area contributed by atoms with E-state index in [1.54, 1.807) is 0 Å². The lowest BCUT2D eigenvalue weighted by molar-refractivity contribution is -0.230. The first-order chi connectivity index (χ1) is 19.2. The second-order valence-corrected chi connectivity index (χ2v) is 15.4. The molecule has 6 heteroatoms. The Hall–Kier alpha value is -1.66. The number of carbonyl (C=O) groups excluding carboxylic acids is 1. The highest BCUT2D eigenvalue weighted by atomic mass is 16.5. The maximum absolute atomic E-state index is 12.7. The van der Waals surface area contributed by atoms with Crippen LogP contribution < -0.4 is 0 Å². The van der Waals surface area contributed by atoms with Gasteiger partial charge in [-0.2, -0.15) is 0 Å². The molecule has 4 aliphatic carbocycles. The Balaban J connectivity index is 1.53. The quantitative estimate of drug-likeness (QED) is 0.209. The van der Waals surface area contributed by atoms with Crippen molar-refractivity contribution in [1.82, 2.24) is 4.90 Å². The first kappa shape index (κ1) is 30.8. The maximum atomic E-state index is 12.7. The molecule has 1 saturated heterocycles. The van der Waals surface area contributed by atoms with Gasteiger partial charge < -0.3 is 19.8 Å². The van der Waals surface area contributed by atoms with Crippen molar-refractivity contribution in [2.75, 3.05) is 13.1 Å². The number of hydrogen-bond acceptors (Lipinski definition) is 5. The SMILES string of the molecule is CC(=O)O[C@H]1C[C@@]2(C)[C@@H](C[C@@H](O)[C@H]3[C@@]4(C)CC[C@H](N5CCCC5)[C@@H](C)[C@@H]4CC[C@@]32C)/C1=C(\CCC=C(C)C)C(=O)O. The fourth-order valence-corrected chi connectivity index (χ4v) is 11.4. The summed E-state index contributed by atoms with van der Waals surface area (Å²) in [5.41, 5.74) is 1.93. The van der Waals surface area contributed by atoms with E-state index >= 15 is 0 Å². The van der Waals surface area contributed by atoms with E-state index in [9.17, 15) is 19.8 Å². The molecule has 5 aliphatic rings. The van der Waals surface area contributed by atoms with E-state index in [0.29, 0.717) is 49.1 Å². The van der Waals surface area contributed by atoms with Crippen molar-refractivity contribution in [2.45, 2.75) is 131 Å². The normalized spacial score (nSPS) is 45.3. The largest absolute Gasteiger partial charge is 0.478 e. The first-order valence-corrected chi connectivity index (χ1v) is 16.4. The van der Waals surface area contributed by atoms with Crippen LogP contribution in [-0.2, 0) is 14.3 Å². The van der Waals surface area contributed by atoms with Crippen molar-refractivity contribution in [3.05, 3.63) is 22.8 Å². The van der Waals surface area contributed by atoms with E-state index in [0.717, 1.165) is 30.4 Å². The molecule has 0 aromatic rings. The molecule has 0 aromatic heterocycles. The molecule has 0 amide bonds. The minimum Gasteiger partial charge on any atom is -0.478 e. The maximum Gasteiger partial charge on any atom is 0.331 e. The predicted octanol–water partition coefficient (Wildman–Crippen LogP) is 6.77. The number of allylic oxidation sites excluding steroid dienone is 2. The number of fused-ring (bicyclic) bond motifs is 5. The van der Waals surface area contributed by atoms with Gasteiger partial charge in [-0.15, -0.1) is 0 Å². The summed E-state index contributed by atoms with van der Waals surface area (Å²) in [5.74, 6) is -0.0665. The van der Waals surface area contributed by atoms with Crippen LogP contribution in [0.25, 0.3) is 0 Å². The molecule has 1 aliphatic heterocycles. The summed E-state index contributed by atoms with van der Waals surface area (Å²) in [5, 5.41) is 22.6. The van der Waals surface area contributed by atoms with Crippen molar-refractivity contribution >= 4 is 11.9 Å². The molecule has 0 radical (unpaired) electrons. The molecule has 10 atom stereocenters. The monoisotopic (exact) mass is 569 g/mol. The molecule has 0 aromatic carbocycles. The summed E-state index contributed by atoms with van der Waals surface area (Å²) in [6.45, 7) is 17.6. The number of rotatable bonds is 6. The topological polar surface area (TPSA) is 87.1 Å². The van der Waals surface area contributed by atoms with E-state index < -0.39 is 18.2 Å². The number of carbonyl (C=O) groups is 2. The molecular formula is C35H55NO5. The summed E-state index contributed by atoms with van der Waals surface area (Å²) in [4.78, 5) is 27.8. The number of likely N-dealkylation sites (tertiary alicyclic amines) is 1. The van der Waals surface area contributed by atoms with Crippen LogP contribution in [-0.4, -0.2) is 58.4 Å². The highest BCUT2D eigenvalue weighted by molar-refractivity contribution is 5.88. The van der Waals surface area contributed by atoms with Gasteiger partial charge in [0.25, 0.3) is 0 Å². The molecule has 5 fully saturated rings. The Bertz CT molecular complexity index is 1100. The van der Waals surface area contributed by atoms with Gasteiger partial charge in [-0.05, 0) is 137 Å². The first-order valence-electron chi connectivity index (χ1n) is 16.4.